The summed E-state index contributed by atoms with van der Waals surface area (Å²) in [4.78, 5) is 22.5. The lowest BCUT2D eigenvalue weighted by molar-refractivity contribution is -0.114. The van der Waals surface area contributed by atoms with Crippen LogP contribution in [0.2, 0.25) is 0 Å². The standard InChI is InChI=1S/C12H12N4O3/c1-2-19-12(18)14-11(17)10(8-13)16-15-9-6-4-3-5-7-9/h3-7,15H,2H2,1H3,(H,14,17,18)/b16-10-. The van der Waals surface area contributed by atoms with Gasteiger partial charge in [0.25, 0.3) is 5.91 Å². The van der Waals surface area contributed by atoms with Gasteiger partial charge in [-0.2, -0.15) is 10.4 Å². The van der Waals surface area contributed by atoms with Crippen LogP contribution < -0.4 is 10.7 Å². The van der Waals surface area contributed by atoms with Crippen LogP contribution in [0.5, 0.6) is 0 Å². The predicted molar refractivity (Wildman–Crippen MR) is 68.3 cm³/mol. The van der Waals surface area contributed by atoms with Crippen molar-refractivity contribution >= 4 is 23.4 Å². The van der Waals surface area contributed by atoms with E-state index in [9.17, 15) is 9.59 Å². The van der Waals surface area contributed by atoms with Crippen molar-refractivity contribution in [2.24, 2.45) is 5.10 Å². The van der Waals surface area contributed by atoms with E-state index < -0.39 is 17.7 Å². The minimum atomic E-state index is -0.926. The van der Waals surface area contributed by atoms with Crippen LogP contribution in [-0.4, -0.2) is 24.3 Å². The maximum Gasteiger partial charge on any atom is 0.414 e. The lowest BCUT2D eigenvalue weighted by Crippen LogP contribution is -2.36. The van der Waals surface area contributed by atoms with Gasteiger partial charge in [0.15, 0.2) is 0 Å². The van der Waals surface area contributed by atoms with Crippen molar-refractivity contribution in [1.82, 2.24) is 5.32 Å². The van der Waals surface area contributed by atoms with Gasteiger partial charge >= 0.3 is 6.09 Å². The molecular formula is C12H12N4O3. The van der Waals surface area contributed by atoms with Gasteiger partial charge in [-0.25, -0.2) is 4.79 Å². The number of nitriles is 1. The minimum Gasteiger partial charge on any atom is -0.450 e. The summed E-state index contributed by atoms with van der Waals surface area (Å²) in [6.45, 7) is 1.72. The molecule has 1 rings (SSSR count). The number of ether oxygens (including phenoxy) is 1. The molecule has 0 heterocycles. The van der Waals surface area contributed by atoms with Crippen molar-refractivity contribution in [2.45, 2.75) is 6.92 Å². The normalized spacial score (nSPS) is 10.2. The Labute approximate surface area is 109 Å². The number of carbonyl (C=O) groups is 2. The van der Waals surface area contributed by atoms with Gasteiger partial charge in [-0.1, -0.05) is 18.2 Å². The number of benzene rings is 1. The van der Waals surface area contributed by atoms with Crippen molar-refractivity contribution in [3.8, 4) is 6.07 Å². The second-order valence-corrected chi connectivity index (χ2v) is 3.22. The Kier molecular flexibility index (Phi) is 5.56. The van der Waals surface area contributed by atoms with Gasteiger partial charge < -0.3 is 4.74 Å². The molecule has 1 aromatic rings. The number of hydrogen-bond acceptors (Lipinski definition) is 6. The topological polar surface area (TPSA) is 104 Å². The highest BCUT2D eigenvalue weighted by Crippen LogP contribution is 2.04. The van der Waals surface area contributed by atoms with E-state index in [1.54, 1.807) is 37.3 Å². The Balaban J connectivity index is 2.65. The van der Waals surface area contributed by atoms with Crippen LogP contribution in [0.3, 0.4) is 0 Å². The van der Waals surface area contributed by atoms with Crippen LogP contribution in [0.15, 0.2) is 35.4 Å². The average molecular weight is 260 g/mol. The number of alkyl carbamates (subject to hydrolysis) is 1. The first-order chi connectivity index (χ1) is 9.17. The van der Waals surface area contributed by atoms with E-state index in [0.29, 0.717) is 5.69 Å². The molecular weight excluding hydrogens is 248 g/mol. The molecule has 0 aliphatic carbocycles. The predicted octanol–water partition coefficient (Wildman–Crippen LogP) is 1.25. The molecule has 0 bridgehead atoms. The number of nitrogens with zero attached hydrogens (tertiary/aromatic N) is 2. The lowest BCUT2D eigenvalue weighted by Gasteiger charge is -2.03. The Morgan fingerprint density at radius 1 is 1.37 bits per heavy atom. The van der Waals surface area contributed by atoms with Gasteiger partial charge in [-0.05, 0) is 19.1 Å². The Hall–Kier alpha value is -2.88. The van der Waals surface area contributed by atoms with E-state index in [-0.39, 0.29) is 6.61 Å². The molecule has 7 heteroatoms. The van der Waals surface area contributed by atoms with Crippen LogP contribution in [0.1, 0.15) is 6.92 Å². The van der Waals surface area contributed by atoms with E-state index in [2.05, 4.69) is 15.3 Å². The number of rotatable bonds is 4. The number of amides is 2. The molecule has 0 unspecified atom stereocenters. The third-order valence-corrected chi connectivity index (χ3v) is 1.88. The highest BCUT2D eigenvalue weighted by atomic mass is 16.5. The third kappa shape index (κ3) is 4.87. The summed E-state index contributed by atoms with van der Waals surface area (Å²) in [6.07, 6.45) is -0.921. The van der Waals surface area contributed by atoms with Crippen molar-refractivity contribution < 1.29 is 14.3 Å². The highest BCUT2D eigenvalue weighted by Gasteiger charge is 2.15. The monoisotopic (exact) mass is 260 g/mol. The van der Waals surface area contributed by atoms with Crippen molar-refractivity contribution in [3.63, 3.8) is 0 Å². The molecule has 0 saturated carbocycles. The SMILES string of the molecule is CCOC(=O)NC(=O)/C(C#N)=N\Nc1ccccc1. The van der Waals surface area contributed by atoms with Gasteiger partial charge in [0.1, 0.15) is 6.07 Å². The van der Waals surface area contributed by atoms with Gasteiger partial charge in [0.2, 0.25) is 5.71 Å². The molecule has 0 spiro atoms. The van der Waals surface area contributed by atoms with Crippen LogP contribution in [0, 0.1) is 11.3 Å². The van der Waals surface area contributed by atoms with Crippen LogP contribution >= 0.6 is 0 Å². The average Bonchev–Trinajstić information content (AvgIpc) is 2.40. The van der Waals surface area contributed by atoms with E-state index in [1.807, 2.05) is 11.4 Å². The first-order valence-corrected chi connectivity index (χ1v) is 5.44. The smallest absolute Gasteiger partial charge is 0.414 e. The first-order valence-electron chi connectivity index (χ1n) is 5.44. The minimum absolute atomic E-state index is 0.125. The molecule has 0 radical (unpaired) electrons. The molecule has 0 atom stereocenters. The number of nitrogens with one attached hydrogen (secondary N) is 2. The molecule has 0 saturated heterocycles. The number of hydrazone groups is 1. The molecule has 1 aromatic carbocycles. The van der Waals surface area contributed by atoms with E-state index in [0.717, 1.165) is 0 Å². The molecule has 98 valence electrons. The second-order valence-electron chi connectivity index (χ2n) is 3.22. The Morgan fingerprint density at radius 2 is 2.05 bits per heavy atom. The quantitative estimate of drug-likeness (QED) is 0.626. The lowest BCUT2D eigenvalue weighted by atomic mass is 10.3. The second kappa shape index (κ2) is 7.45. The third-order valence-electron chi connectivity index (χ3n) is 1.88. The molecule has 2 amide bonds. The van der Waals surface area contributed by atoms with E-state index in [1.165, 1.54) is 0 Å². The summed E-state index contributed by atoms with van der Waals surface area (Å²) in [5.41, 5.74) is 2.67. The number of hydrogen-bond donors (Lipinski definition) is 2. The van der Waals surface area contributed by atoms with Crippen LogP contribution in [0.4, 0.5) is 10.5 Å². The summed E-state index contributed by atoms with van der Waals surface area (Å²) in [6, 6.07) is 10.4. The van der Waals surface area contributed by atoms with Crippen molar-refractivity contribution in [3.05, 3.63) is 30.3 Å². The number of carbonyl (C=O) groups excluding carboxylic acids is 2. The molecule has 2 N–H and O–H groups in total. The zero-order chi connectivity index (χ0) is 14.1. The number of anilines is 1. The Morgan fingerprint density at radius 3 is 2.63 bits per heavy atom. The van der Waals surface area contributed by atoms with E-state index >= 15 is 0 Å². The Bertz CT molecular complexity index is 520. The molecule has 0 fully saturated rings. The zero-order valence-electron chi connectivity index (χ0n) is 10.2. The van der Waals surface area contributed by atoms with Crippen molar-refractivity contribution in [2.75, 3.05) is 12.0 Å². The van der Waals surface area contributed by atoms with Gasteiger partial charge in [-0.15, -0.1) is 0 Å². The molecule has 0 aromatic heterocycles. The molecule has 19 heavy (non-hydrogen) atoms. The molecule has 0 aliphatic rings. The summed E-state index contributed by atoms with van der Waals surface area (Å²) in [5.74, 6) is -0.926. The summed E-state index contributed by atoms with van der Waals surface area (Å²) in [7, 11) is 0. The maximum absolute atomic E-state index is 11.5. The fourth-order valence-electron chi connectivity index (χ4n) is 1.08. The van der Waals surface area contributed by atoms with Crippen molar-refractivity contribution in [1.29, 1.82) is 5.26 Å². The fourth-order valence-corrected chi connectivity index (χ4v) is 1.08. The van der Waals surface area contributed by atoms with Crippen LogP contribution in [-0.2, 0) is 9.53 Å². The van der Waals surface area contributed by atoms with Gasteiger partial charge in [-0.3, -0.25) is 15.5 Å². The maximum atomic E-state index is 11.5. The highest BCUT2D eigenvalue weighted by molar-refractivity contribution is 6.46. The summed E-state index contributed by atoms with van der Waals surface area (Å²) in [5, 5.41) is 14.3. The zero-order valence-corrected chi connectivity index (χ0v) is 10.2. The summed E-state index contributed by atoms with van der Waals surface area (Å²) < 4.78 is 4.51. The number of para-hydroxylation sites is 1. The largest absolute Gasteiger partial charge is 0.450 e. The first kappa shape index (κ1) is 14.2. The van der Waals surface area contributed by atoms with Gasteiger partial charge in [0, 0.05) is 0 Å². The number of imide groups is 1. The fraction of sp³-hybridized carbons (Fsp3) is 0.167. The molecule has 7 nitrogen and oxygen atoms in total. The van der Waals surface area contributed by atoms with Crippen LogP contribution in [0.25, 0.3) is 0 Å². The molecule has 0 aliphatic heterocycles. The van der Waals surface area contributed by atoms with E-state index in [4.69, 9.17) is 5.26 Å². The van der Waals surface area contributed by atoms with Gasteiger partial charge in [0.05, 0.1) is 12.3 Å². The summed E-state index contributed by atoms with van der Waals surface area (Å²) >= 11 is 0.